The van der Waals surface area contributed by atoms with Crippen molar-refractivity contribution in [3.05, 3.63) is 35.7 Å². The molecule has 190 valence electrons. The standard InChI is InChI=1S/C23H24F3N6O3P/c1-36(2,35)20-13(9-27)6-7-15-16(10-28-19(15)20)18-17(23(24,25)26)11-29-21(31-18)30-14-5-3-4-8-32(12-14)22(33)34/h6-7,10-11,14,28H,3-5,8,12H2,1-2H3,(H,33,34)(H,29,30,31)/t14-/m0/s1. The largest absolute Gasteiger partial charge is 0.465 e. The van der Waals surface area contributed by atoms with E-state index < -0.39 is 25.0 Å². The number of hydrogen-bond donors (Lipinski definition) is 3. The lowest BCUT2D eigenvalue weighted by atomic mass is 10.0. The Morgan fingerprint density at radius 1 is 1.33 bits per heavy atom. The predicted octanol–water partition coefficient (Wildman–Crippen LogP) is 4.71. The fraction of sp³-hybridized carbons (Fsp3) is 0.391. The van der Waals surface area contributed by atoms with Crippen LogP contribution in [0.5, 0.6) is 0 Å². The number of H-pyrrole nitrogens is 1. The molecule has 3 N–H and O–H groups in total. The van der Waals surface area contributed by atoms with E-state index in [0.717, 1.165) is 6.42 Å². The molecule has 0 radical (unpaired) electrons. The van der Waals surface area contributed by atoms with E-state index in [1.807, 2.05) is 6.07 Å². The van der Waals surface area contributed by atoms with Gasteiger partial charge in [0.15, 0.2) is 0 Å². The van der Waals surface area contributed by atoms with Gasteiger partial charge in [-0.05, 0) is 38.7 Å². The van der Waals surface area contributed by atoms with Gasteiger partial charge in [-0.3, -0.25) is 0 Å². The average Bonchev–Trinajstić information content (AvgIpc) is 3.07. The number of aromatic amines is 1. The Bertz CT molecular complexity index is 1410. The zero-order chi connectivity index (χ0) is 26.3. The number of amides is 1. The third-order valence-corrected chi connectivity index (χ3v) is 7.65. The van der Waals surface area contributed by atoms with Crippen LogP contribution in [0.4, 0.5) is 23.9 Å². The number of aromatic nitrogens is 3. The van der Waals surface area contributed by atoms with Gasteiger partial charge in [-0.25, -0.2) is 14.8 Å². The molecule has 1 saturated heterocycles. The molecule has 1 aliphatic heterocycles. The Kier molecular flexibility index (Phi) is 6.71. The van der Waals surface area contributed by atoms with E-state index in [0.29, 0.717) is 36.5 Å². The number of carboxylic acid groups (broad SMARTS) is 1. The number of halogens is 3. The van der Waals surface area contributed by atoms with Crippen LogP contribution in [0.25, 0.3) is 22.2 Å². The highest BCUT2D eigenvalue weighted by Crippen LogP contribution is 2.42. The summed E-state index contributed by atoms with van der Waals surface area (Å²) in [6, 6.07) is 4.57. The van der Waals surface area contributed by atoms with Gasteiger partial charge in [0.2, 0.25) is 5.95 Å². The maximum absolute atomic E-state index is 13.9. The maximum Gasteiger partial charge on any atom is 0.419 e. The number of hydrogen-bond acceptors (Lipinski definition) is 6. The molecule has 13 heteroatoms. The molecule has 0 bridgehead atoms. The number of fused-ring (bicyclic) bond motifs is 1. The number of carbonyl (C=O) groups is 1. The summed E-state index contributed by atoms with van der Waals surface area (Å²) in [4.78, 5) is 23.7. The number of alkyl halides is 3. The summed E-state index contributed by atoms with van der Waals surface area (Å²) in [6.45, 7) is 3.52. The Hall–Kier alpha value is -3.58. The quantitative estimate of drug-likeness (QED) is 0.424. The van der Waals surface area contributed by atoms with Crippen LogP contribution in [0, 0.1) is 11.3 Å². The summed E-state index contributed by atoms with van der Waals surface area (Å²) >= 11 is 0. The lowest BCUT2D eigenvalue weighted by Crippen LogP contribution is -2.38. The average molecular weight is 520 g/mol. The fourth-order valence-electron chi connectivity index (χ4n) is 4.51. The van der Waals surface area contributed by atoms with Crippen molar-refractivity contribution in [2.75, 3.05) is 31.7 Å². The van der Waals surface area contributed by atoms with E-state index in [9.17, 15) is 32.9 Å². The van der Waals surface area contributed by atoms with Gasteiger partial charge in [0.25, 0.3) is 0 Å². The van der Waals surface area contributed by atoms with Crippen LogP contribution >= 0.6 is 7.14 Å². The topological polar surface area (TPSA) is 135 Å². The third-order valence-electron chi connectivity index (χ3n) is 6.11. The molecule has 0 saturated carbocycles. The Labute approximate surface area is 204 Å². The van der Waals surface area contributed by atoms with Crippen LogP contribution in [0.15, 0.2) is 24.5 Å². The van der Waals surface area contributed by atoms with Crippen LogP contribution in [0.2, 0.25) is 0 Å². The first-order chi connectivity index (χ1) is 16.9. The number of benzene rings is 1. The first-order valence-electron chi connectivity index (χ1n) is 11.2. The van der Waals surface area contributed by atoms with E-state index in [-0.39, 0.29) is 40.7 Å². The predicted molar refractivity (Wildman–Crippen MR) is 129 cm³/mol. The highest BCUT2D eigenvalue weighted by atomic mass is 31.2. The Morgan fingerprint density at radius 3 is 2.72 bits per heavy atom. The summed E-state index contributed by atoms with van der Waals surface area (Å²) < 4.78 is 54.8. The van der Waals surface area contributed by atoms with Crippen molar-refractivity contribution in [2.24, 2.45) is 0 Å². The highest BCUT2D eigenvalue weighted by molar-refractivity contribution is 7.70. The Morgan fingerprint density at radius 2 is 2.08 bits per heavy atom. The van der Waals surface area contributed by atoms with E-state index >= 15 is 0 Å². The number of anilines is 1. The molecule has 36 heavy (non-hydrogen) atoms. The molecule has 1 fully saturated rings. The number of likely N-dealkylation sites (tertiary alicyclic amines) is 1. The number of nitrogens with one attached hydrogen (secondary N) is 2. The molecule has 1 amide bonds. The van der Waals surface area contributed by atoms with Crippen molar-refractivity contribution < 1.29 is 27.6 Å². The lowest BCUT2D eigenvalue weighted by Gasteiger charge is -2.23. The molecule has 0 aliphatic carbocycles. The van der Waals surface area contributed by atoms with Crippen LogP contribution in [0.3, 0.4) is 0 Å². The SMILES string of the molecule is CP(C)(=O)c1c(C#N)ccc2c(-c3nc(N[C@H]4CCCCN(C(=O)O)C4)ncc3C(F)(F)F)c[nH]c12. The van der Waals surface area contributed by atoms with Crippen molar-refractivity contribution >= 4 is 35.4 Å². The van der Waals surface area contributed by atoms with Crippen molar-refractivity contribution in [1.29, 1.82) is 5.26 Å². The second kappa shape index (κ2) is 9.47. The zero-order valence-electron chi connectivity index (χ0n) is 19.6. The Balaban J connectivity index is 1.82. The molecule has 0 unspecified atom stereocenters. The van der Waals surface area contributed by atoms with Crippen molar-refractivity contribution in [1.82, 2.24) is 19.9 Å². The van der Waals surface area contributed by atoms with Crippen molar-refractivity contribution in [2.45, 2.75) is 31.5 Å². The number of nitrogens with zero attached hydrogens (tertiary/aromatic N) is 4. The van der Waals surface area contributed by atoms with Gasteiger partial charge in [0.1, 0.15) is 12.7 Å². The van der Waals surface area contributed by atoms with Gasteiger partial charge in [-0.1, -0.05) is 6.07 Å². The van der Waals surface area contributed by atoms with Crippen LogP contribution < -0.4 is 10.6 Å². The minimum atomic E-state index is -4.75. The van der Waals surface area contributed by atoms with Crippen LogP contribution in [-0.2, 0) is 10.7 Å². The van der Waals surface area contributed by atoms with E-state index in [4.69, 9.17) is 0 Å². The number of rotatable bonds is 4. The molecule has 1 aliphatic rings. The van der Waals surface area contributed by atoms with Gasteiger partial charge in [-0.15, -0.1) is 0 Å². The molecule has 9 nitrogen and oxygen atoms in total. The molecular formula is C23H24F3N6O3P. The van der Waals surface area contributed by atoms with Gasteiger partial charge in [-0.2, -0.15) is 18.4 Å². The molecule has 2 aromatic heterocycles. The molecule has 3 heterocycles. The summed E-state index contributed by atoms with van der Waals surface area (Å²) in [5.74, 6) is -0.0601. The van der Waals surface area contributed by atoms with Gasteiger partial charge >= 0.3 is 12.3 Å². The molecule has 0 spiro atoms. The third kappa shape index (κ3) is 5.02. The smallest absolute Gasteiger partial charge is 0.419 e. The monoisotopic (exact) mass is 520 g/mol. The van der Waals surface area contributed by atoms with E-state index in [1.165, 1.54) is 36.6 Å². The number of nitriles is 1. The minimum Gasteiger partial charge on any atom is -0.465 e. The maximum atomic E-state index is 13.9. The lowest BCUT2D eigenvalue weighted by molar-refractivity contribution is -0.137. The summed E-state index contributed by atoms with van der Waals surface area (Å²) in [7, 11) is -2.97. The second-order valence-corrected chi connectivity index (χ2v) is 12.2. The summed E-state index contributed by atoms with van der Waals surface area (Å²) in [5.41, 5.74) is -0.812. The second-order valence-electron chi connectivity index (χ2n) is 9.07. The molecule has 1 aromatic carbocycles. The first kappa shape index (κ1) is 25.5. The zero-order valence-corrected chi connectivity index (χ0v) is 20.5. The fourth-order valence-corrected chi connectivity index (χ4v) is 5.94. The van der Waals surface area contributed by atoms with Gasteiger partial charge in [0, 0.05) is 42.5 Å². The normalized spacial score (nSPS) is 17.0. The van der Waals surface area contributed by atoms with Crippen molar-refractivity contribution in [3.8, 4) is 17.3 Å². The molecule has 4 rings (SSSR count). The summed E-state index contributed by atoms with van der Waals surface area (Å²) in [5, 5.41) is 22.4. The van der Waals surface area contributed by atoms with Crippen molar-refractivity contribution in [3.63, 3.8) is 0 Å². The van der Waals surface area contributed by atoms with Gasteiger partial charge < -0.3 is 24.9 Å². The van der Waals surface area contributed by atoms with Crippen LogP contribution in [-0.4, -0.2) is 63.5 Å². The van der Waals surface area contributed by atoms with E-state index in [2.05, 4.69) is 20.3 Å². The minimum absolute atomic E-state index is 0.0601. The molecule has 3 aromatic rings. The highest BCUT2D eigenvalue weighted by Gasteiger charge is 2.36. The van der Waals surface area contributed by atoms with E-state index in [1.54, 1.807) is 0 Å². The first-order valence-corrected chi connectivity index (χ1v) is 13.8. The van der Waals surface area contributed by atoms with Crippen LogP contribution in [0.1, 0.15) is 30.4 Å². The van der Waals surface area contributed by atoms with Gasteiger partial charge in [0.05, 0.1) is 28.1 Å². The molecule has 1 atom stereocenters. The summed E-state index contributed by atoms with van der Waals surface area (Å²) in [6.07, 6.45) is -1.72. The molecular weight excluding hydrogens is 496 g/mol.